The number of anilines is 1. The highest BCUT2D eigenvalue weighted by Crippen LogP contribution is 2.35. The van der Waals surface area contributed by atoms with Crippen molar-refractivity contribution < 1.29 is 0 Å². The van der Waals surface area contributed by atoms with E-state index >= 15 is 0 Å². The van der Waals surface area contributed by atoms with Crippen LogP contribution in [-0.2, 0) is 13.1 Å². The van der Waals surface area contributed by atoms with E-state index in [9.17, 15) is 0 Å². The van der Waals surface area contributed by atoms with Crippen molar-refractivity contribution in [2.75, 3.05) is 11.9 Å². The Morgan fingerprint density at radius 2 is 2.19 bits per heavy atom. The molecule has 0 spiro atoms. The van der Waals surface area contributed by atoms with Crippen molar-refractivity contribution >= 4 is 17.2 Å². The van der Waals surface area contributed by atoms with Crippen LogP contribution >= 0.6 is 11.3 Å². The summed E-state index contributed by atoms with van der Waals surface area (Å²) in [5, 5.41) is 5.45. The number of nitrogens with zero attached hydrogens (tertiary/aromatic N) is 2. The molecular weight excluding hydrogens is 278 g/mol. The zero-order valence-electron chi connectivity index (χ0n) is 13.0. The average molecular weight is 301 g/mol. The van der Waals surface area contributed by atoms with Gasteiger partial charge in [-0.15, -0.1) is 11.3 Å². The quantitative estimate of drug-likeness (QED) is 0.883. The standard InChI is InChI=1S/C17H23N3S/c1-12-9-13(2)19-17(16(12)10-18-3)20(14-6-7-14)11-15-5-4-8-21-15/h4-5,8-9,14,18H,6-7,10-11H2,1-3H3. The van der Waals surface area contributed by atoms with Gasteiger partial charge in [0.05, 0.1) is 6.54 Å². The lowest BCUT2D eigenvalue weighted by atomic mass is 10.1. The van der Waals surface area contributed by atoms with Crippen LogP contribution in [0.4, 0.5) is 5.82 Å². The summed E-state index contributed by atoms with van der Waals surface area (Å²) in [6, 6.07) is 7.21. The van der Waals surface area contributed by atoms with Crippen LogP contribution in [0.5, 0.6) is 0 Å². The second kappa shape index (κ2) is 6.16. The molecule has 1 N–H and O–H groups in total. The van der Waals surface area contributed by atoms with Crippen LogP contribution in [0.1, 0.15) is 34.5 Å². The van der Waals surface area contributed by atoms with Gasteiger partial charge in [0.1, 0.15) is 5.82 Å². The molecule has 0 radical (unpaired) electrons. The fraction of sp³-hybridized carbons (Fsp3) is 0.471. The fourth-order valence-electron chi connectivity index (χ4n) is 2.81. The van der Waals surface area contributed by atoms with Crippen LogP contribution in [0.3, 0.4) is 0 Å². The van der Waals surface area contributed by atoms with Crippen molar-refractivity contribution in [1.82, 2.24) is 10.3 Å². The summed E-state index contributed by atoms with van der Waals surface area (Å²) < 4.78 is 0. The summed E-state index contributed by atoms with van der Waals surface area (Å²) in [4.78, 5) is 8.81. The molecule has 0 aliphatic heterocycles. The smallest absolute Gasteiger partial charge is 0.134 e. The molecule has 3 rings (SSSR count). The molecular formula is C17H23N3S. The lowest BCUT2D eigenvalue weighted by molar-refractivity contribution is 0.747. The third-order valence-electron chi connectivity index (χ3n) is 3.97. The monoisotopic (exact) mass is 301 g/mol. The lowest BCUT2D eigenvalue weighted by Crippen LogP contribution is -2.28. The van der Waals surface area contributed by atoms with Gasteiger partial charge in [-0.2, -0.15) is 0 Å². The Kier molecular flexibility index (Phi) is 4.27. The Morgan fingerprint density at radius 3 is 2.81 bits per heavy atom. The highest BCUT2D eigenvalue weighted by molar-refractivity contribution is 7.09. The molecule has 0 bridgehead atoms. The van der Waals surface area contributed by atoms with Crippen molar-refractivity contribution in [3.05, 3.63) is 45.3 Å². The fourth-order valence-corrected chi connectivity index (χ4v) is 3.51. The highest BCUT2D eigenvalue weighted by Gasteiger charge is 2.32. The van der Waals surface area contributed by atoms with Crippen LogP contribution in [0.25, 0.3) is 0 Å². The zero-order valence-corrected chi connectivity index (χ0v) is 13.8. The first kappa shape index (κ1) is 14.5. The number of nitrogens with one attached hydrogen (secondary N) is 1. The number of rotatable bonds is 6. The second-order valence-corrected chi connectivity index (χ2v) is 6.88. The van der Waals surface area contributed by atoms with E-state index in [1.807, 2.05) is 18.4 Å². The summed E-state index contributed by atoms with van der Waals surface area (Å²) in [5.74, 6) is 1.18. The Labute approximate surface area is 131 Å². The molecule has 2 aromatic heterocycles. The molecule has 1 aliphatic rings. The maximum atomic E-state index is 4.89. The van der Waals surface area contributed by atoms with Crippen molar-refractivity contribution in [1.29, 1.82) is 0 Å². The maximum absolute atomic E-state index is 4.89. The largest absolute Gasteiger partial charge is 0.348 e. The molecule has 21 heavy (non-hydrogen) atoms. The van der Waals surface area contributed by atoms with Gasteiger partial charge >= 0.3 is 0 Å². The van der Waals surface area contributed by atoms with E-state index < -0.39 is 0 Å². The van der Waals surface area contributed by atoms with E-state index in [4.69, 9.17) is 4.98 Å². The molecule has 0 saturated heterocycles. The van der Waals surface area contributed by atoms with E-state index in [2.05, 4.69) is 47.6 Å². The van der Waals surface area contributed by atoms with Gasteiger partial charge in [0, 0.05) is 28.7 Å². The van der Waals surface area contributed by atoms with Gasteiger partial charge in [-0.1, -0.05) is 6.07 Å². The molecule has 112 valence electrons. The molecule has 0 amide bonds. The number of aromatic nitrogens is 1. The number of thiophene rings is 1. The van der Waals surface area contributed by atoms with E-state index in [-0.39, 0.29) is 0 Å². The van der Waals surface area contributed by atoms with Crippen LogP contribution in [0, 0.1) is 13.8 Å². The van der Waals surface area contributed by atoms with Crippen molar-refractivity contribution in [3.63, 3.8) is 0 Å². The van der Waals surface area contributed by atoms with Gasteiger partial charge in [0.15, 0.2) is 0 Å². The molecule has 1 saturated carbocycles. The van der Waals surface area contributed by atoms with Crippen molar-refractivity contribution in [2.24, 2.45) is 0 Å². The molecule has 0 atom stereocenters. The van der Waals surface area contributed by atoms with E-state index in [1.165, 1.54) is 34.7 Å². The summed E-state index contributed by atoms with van der Waals surface area (Å²) in [6.07, 6.45) is 2.58. The molecule has 1 fully saturated rings. The van der Waals surface area contributed by atoms with E-state index in [0.717, 1.165) is 18.8 Å². The molecule has 0 unspecified atom stereocenters. The second-order valence-electron chi connectivity index (χ2n) is 5.85. The minimum absolute atomic E-state index is 0.663. The Morgan fingerprint density at radius 1 is 1.38 bits per heavy atom. The minimum atomic E-state index is 0.663. The predicted molar refractivity (Wildman–Crippen MR) is 90.0 cm³/mol. The third kappa shape index (κ3) is 3.27. The van der Waals surface area contributed by atoms with E-state index in [1.54, 1.807) is 0 Å². The highest BCUT2D eigenvalue weighted by atomic mass is 32.1. The lowest BCUT2D eigenvalue weighted by Gasteiger charge is -2.27. The Balaban J connectivity index is 1.98. The number of aryl methyl sites for hydroxylation is 2. The number of hydrogen-bond donors (Lipinski definition) is 1. The topological polar surface area (TPSA) is 28.2 Å². The molecule has 3 nitrogen and oxygen atoms in total. The Bertz CT molecular complexity index is 603. The molecule has 2 heterocycles. The number of hydrogen-bond acceptors (Lipinski definition) is 4. The average Bonchev–Trinajstić information content (AvgIpc) is 3.16. The minimum Gasteiger partial charge on any atom is -0.348 e. The molecule has 0 aromatic carbocycles. The molecule has 1 aliphatic carbocycles. The number of pyridine rings is 1. The van der Waals surface area contributed by atoms with Crippen LogP contribution in [-0.4, -0.2) is 18.1 Å². The van der Waals surface area contributed by atoms with Gasteiger partial charge in [0.25, 0.3) is 0 Å². The Hall–Kier alpha value is -1.39. The van der Waals surface area contributed by atoms with Gasteiger partial charge in [-0.3, -0.25) is 0 Å². The predicted octanol–water partition coefficient (Wildman–Crippen LogP) is 3.65. The van der Waals surface area contributed by atoms with Gasteiger partial charge in [0.2, 0.25) is 0 Å². The van der Waals surface area contributed by atoms with Crippen LogP contribution in [0.15, 0.2) is 23.6 Å². The third-order valence-corrected chi connectivity index (χ3v) is 4.83. The normalized spacial score (nSPS) is 14.4. The summed E-state index contributed by atoms with van der Waals surface area (Å²) in [6.45, 7) is 6.15. The van der Waals surface area contributed by atoms with Crippen LogP contribution in [0.2, 0.25) is 0 Å². The summed E-state index contributed by atoms with van der Waals surface area (Å²) in [5.41, 5.74) is 3.79. The molecule has 2 aromatic rings. The van der Waals surface area contributed by atoms with Crippen molar-refractivity contribution in [2.45, 2.75) is 45.8 Å². The van der Waals surface area contributed by atoms with Crippen LogP contribution < -0.4 is 10.2 Å². The SMILES string of the molecule is CNCc1c(C)cc(C)nc1N(Cc1cccs1)C1CC1. The first-order valence-electron chi connectivity index (χ1n) is 7.59. The van der Waals surface area contributed by atoms with Gasteiger partial charge in [-0.05, 0) is 56.8 Å². The first-order chi connectivity index (χ1) is 10.2. The zero-order chi connectivity index (χ0) is 14.8. The maximum Gasteiger partial charge on any atom is 0.134 e. The van der Waals surface area contributed by atoms with Crippen molar-refractivity contribution in [3.8, 4) is 0 Å². The summed E-state index contributed by atoms with van der Waals surface area (Å²) in [7, 11) is 2.00. The van der Waals surface area contributed by atoms with Gasteiger partial charge < -0.3 is 10.2 Å². The first-order valence-corrected chi connectivity index (χ1v) is 8.47. The van der Waals surface area contributed by atoms with Gasteiger partial charge in [-0.25, -0.2) is 4.98 Å². The van der Waals surface area contributed by atoms with E-state index in [0.29, 0.717) is 6.04 Å². The summed E-state index contributed by atoms with van der Waals surface area (Å²) >= 11 is 1.83. The molecule has 4 heteroatoms.